The molecule has 0 saturated carbocycles. The summed E-state index contributed by atoms with van der Waals surface area (Å²) in [6, 6.07) is 4.98. The van der Waals surface area contributed by atoms with Crippen LogP contribution in [0.5, 0.6) is 5.75 Å². The lowest BCUT2D eigenvalue weighted by Gasteiger charge is -2.34. The summed E-state index contributed by atoms with van der Waals surface area (Å²) in [5, 5.41) is 0. The predicted molar refractivity (Wildman–Crippen MR) is 153 cm³/mol. The van der Waals surface area contributed by atoms with Crippen LogP contribution < -0.4 is 4.74 Å². The monoisotopic (exact) mass is 558 g/mol. The lowest BCUT2D eigenvalue weighted by atomic mass is 9.85. The molecule has 4 rings (SSSR count). The van der Waals surface area contributed by atoms with Crippen molar-refractivity contribution >= 4 is 24.2 Å². The molecule has 1 unspecified atom stereocenters. The highest BCUT2D eigenvalue weighted by molar-refractivity contribution is 5.84. The van der Waals surface area contributed by atoms with Gasteiger partial charge in [-0.3, -0.25) is 4.79 Å². The molecule has 0 spiro atoms. The van der Waals surface area contributed by atoms with Gasteiger partial charge in [-0.25, -0.2) is 23.2 Å². The van der Waals surface area contributed by atoms with E-state index >= 15 is 4.39 Å². The number of hydrogen-bond donors (Lipinski definition) is 0. The Hall–Kier alpha value is -3.10. The molecule has 1 amide bonds. The van der Waals surface area contributed by atoms with Crippen molar-refractivity contribution < 1.29 is 22.7 Å². The molecule has 218 valence electrons. The Morgan fingerprint density at radius 2 is 1.88 bits per heavy atom. The summed E-state index contributed by atoms with van der Waals surface area (Å²) >= 11 is 0. The smallest absolute Gasteiger partial charge is 0.251 e. The largest absolute Gasteiger partial charge is 0.493 e. The molecule has 9 heteroatoms. The van der Waals surface area contributed by atoms with Crippen LogP contribution >= 0.6 is 0 Å². The number of carbonyl (C=O) groups excluding carboxylic acids is 1. The van der Waals surface area contributed by atoms with E-state index in [-0.39, 0.29) is 43.6 Å². The number of allylic oxidation sites excluding steroid dienone is 3. The van der Waals surface area contributed by atoms with Gasteiger partial charge in [-0.15, -0.1) is 0 Å². The topological polar surface area (TPSA) is 57.5 Å². The zero-order chi connectivity index (χ0) is 28.7. The van der Waals surface area contributed by atoms with Crippen molar-refractivity contribution in [3.8, 4) is 5.75 Å². The molecule has 0 aromatic heterocycles. The van der Waals surface area contributed by atoms with Crippen molar-refractivity contribution in [1.29, 1.82) is 0 Å². The van der Waals surface area contributed by atoms with Gasteiger partial charge in [0.05, 0.1) is 6.61 Å². The molecule has 0 radical (unpaired) electrons. The minimum atomic E-state index is -2.67. The van der Waals surface area contributed by atoms with Gasteiger partial charge in [0, 0.05) is 62.8 Å². The van der Waals surface area contributed by atoms with Gasteiger partial charge < -0.3 is 14.5 Å². The minimum Gasteiger partial charge on any atom is -0.493 e. The number of carbonyl (C=O) groups is 1. The van der Waals surface area contributed by atoms with Gasteiger partial charge in [0.15, 0.2) is 0 Å². The van der Waals surface area contributed by atoms with Gasteiger partial charge in [0.25, 0.3) is 5.92 Å². The van der Waals surface area contributed by atoms with E-state index < -0.39 is 5.92 Å². The number of alkyl halides is 2. The van der Waals surface area contributed by atoms with E-state index in [1.807, 2.05) is 19.2 Å². The molecule has 1 aromatic rings. The molecule has 3 aliphatic rings. The summed E-state index contributed by atoms with van der Waals surface area (Å²) in [5.74, 6) is -1.79. The first kappa shape index (κ1) is 29.9. The number of likely N-dealkylation sites (tertiary alicyclic amines) is 2. The maximum absolute atomic E-state index is 15.0. The zero-order valence-electron chi connectivity index (χ0n) is 23.7. The third-order valence-electron chi connectivity index (χ3n) is 8.34. The fourth-order valence-electron chi connectivity index (χ4n) is 5.46. The number of aliphatic imine (C=N–C) groups is 2. The first-order valence-electron chi connectivity index (χ1n) is 14.4. The molecule has 0 N–H and O–H groups in total. The first-order valence-corrected chi connectivity index (χ1v) is 14.4. The molecule has 1 atom stereocenters. The number of halogens is 3. The second-order valence-corrected chi connectivity index (χ2v) is 11.2. The van der Waals surface area contributed by atoms with E-state index in [1.165, 1.54) is 11.6 Å². The molecule has 40 heavy (non-hydrogen) atoms. The van der Waals surface area contributed by atoms with Crippen molar-refractivity contribution in [3.05, 3.63) is 47.4 Å². The van der Waals surface area contributed by atoms with Crippen LogP contribution in [0.25, 0.3) is 5.57 Å². The fourth-order valence-corrected chi connectivity index (χ4v) is 5.46. The van der Waals surface area contributed by atoms with Crippen molar-refractivity contribution in [1.82, 2.24) is 9.80 Å². The maximum atomic E-state index is 15.0. The van der Waals surface area contributed by atoms with E-state index in [9.17, 15) is 13.6 Å². The van der Waals surface area contributed by atoms with E-state index in [0.717, 1.165) is 37.9 Å². The quantitative estimate of drug-likeness (QED) is 0.276. The number of benzene rings is 1. The lowest BCUT2D eigenvalue weighted by Crippen LogP contribution is -2.45. The Kier molecular flexibility index (Phi) is 10.1. The fraction of sp³-hybridized carbons (Fsp3) is 0.581. The van der Waals surface area contributed by atoms with Gasteiger partial charge in [0.1, 0.15) is 11.6 Å². The summed E-state index contributed by atoms with van der Waals surface area (Å²) in [5.41, 5.74) is 2.59. The van der Waals surface area contributed by atoms with Crippen LogP contribution in [-0.2, 0) is 4.79 Å². The standard InChI is InChI=1S/C31H41F3N4O2/c1-4-22(2)20-36-30(35-3)38-15-11-23(12-16-38)21-40-26-9-10-27(28(32)19-26)24-5-7-25(8-6-24)29(39)37-17-13-31(33,34)14-18-37/h5,9-10,19-20,23,25H,3-4,6-8,11-18,21H2,1-2H3/b22-20+,36-30+. The van der Waals surface area contributed by atoms with Crippen LogP contribution in [-0.4, -0.2) is 67.1 Å². The van der Waals surface area contributed by atoms with Crippen molar-refractivity contribution in [2.24, 2.45) is 21.8 Å². The Morgan fingerprint density at radius 3 is 2.48 bits per heavy atom. The predicted octanol–water partition coefficient (Wildman–Crippen LogP) is 6.73. The molecule has 0 bridgehead atoms. The van der Waals surface area contributed by atoms with Crippen LogP contribution in [0.3, 0.4) is 0 Å². The Bertz CT molecular complexity index is 1150. The van der Waals surface area contributed by atoms with Gasteiger partial charge in [0.2, 0.25) is 11.9 Å². The maximum Gasteiger partial charge on any atom is 0.251 e. The van der Waals surface area contributed by atoms with Crippen LogP contribution in [0, 0.1) is 17.7 Å². The average molecular weight is 559 g/mol. The van der Waals surface area contributed by atoms with Crippen molar-refractivity contribution in [2.45, 2.75) is 71.1 Å². The third kappa shape index (κ3) is 7.76. The summed E-state index contributed by atoms with van der Waals surface area (Å²) in [6.45, 7) is 10.2. The summed E-state index contributed by atoms with van der Waals surface area (Å²) in [7, 11) is 0. The van der Waals surface area contributed by atoms with E-state index in [2.05, 4.69) is 28.5 Å². The zero-order valence-corrected chi connectivity index (χ0v) is 23.7. The SMILES string of the molecule is C=N/C(=N\C=C(/C)CC)N1CCC(COc2ccc(C3=CCC(C(=O)N4CCC(F)(F)CC4)CC3)c(F)c2)CC1. The minimum absolute atomic E-state index is 0.0615. The second kappa shape index (κ2) is 13.5. The van der Waals surface area contributed by atoms with Crippen LogP contribution in [0.15, 0.2) is 46.0 Å². The molecule has 1 aliphatic carbocycles. The number of guanidine groups is 1. The van der Waals surface area contributed by atoms with E-state index in [4.69, 9.17) is 4.74 Å². The number of nitrogens with zero attached hydrogens (tertiary/aromatic N) is 4. The van der Waals surface area contributed by atoms with Crippen molar-refractivity contribution in [2.75, 3.05) is 32.8 Å². The van der Waals surface area contributed by atoms with Gasteiger partial charge in [-0.2, -0.15) is 0 Å². The van der Waals surface area contributed by atoms with Gasteiger partial charge in [-0.05, 0) is 75.8 Å². The lowest BCUT2D eigenvalue weighted by molar-refractivity contribution is -0.141. The van der Waals surface area contributed by atoms with E-state index in [1.54, 1.807) is 17.0 Å². The molecular weight excluding hydrogens is 517 g/mol. The molecule has 2 fully saturated rings. The molecule has 2 heterocycles. The third-order valence-corrected chi connectivity index (χ3v) is 8.34. The Morgan fingerprint density at radius 1 is 1.15 bits per heavy atom. The normalized spacial score (nSPS) is 22.6. The molecule has 2 aliphatic heterocycles. The Labute approximate surface area is 235 Å². The Balaban J connectivity index is 1.25. The molecule has 6 nitrogen and oxygen atoms in total. The number of piperidine rings is 2. The summed E-state index contributed by atoms with van der Waals surface area (Å²) in [6.07, 6.45) is 7.70. The summed E-state index contributed by atoms with van der Waals surface area (Å²) < 4.78 is 47.9. The van der Waals surface area contributed by atoms with Gasteiger partial charge in [-0.1, -0.05) is 18.6 Å². The highest BCUT2D eigenvalue weighted by atomic mass is 19.3. The summed E-state index contributed by atoms with van der Waals surface area (Å²) in [4.78, 5) is 25.1. The second-order valence-electron chi connectivity index (χ2n) is 11.2. The number of rotatable bonds is 7. The average Bonchev–Trinajstić information content (AvgIpc) is 2.96. The molecule has 1 aromatic carbocycles. The number of ether oxygens (including phenoxy) is 1. The van der Waals surface area contributed by atoms with E-state index in [0.29, 0.717) is 49.1 Å². The van der Waals surface area contributed by atoms with Crippen molar-refractivity contribution in [3.63, 3.8) is 0 Å². The highest BCUT2D eigenvalue weighted by Gasteiger charge is 2.37. The number of hydrogen-bond acceptors (Lipinski definition) is 3. The molecular formula is C31H41F3N4O2. The van der Waals surface area contributed by atoms with Gasteiger partial charge >= 0.3 is 0 Å². The van der Waals surface area contributed by atoms with Crippen LogP contribution in [0.2, 0.25) is 0 Å². The molecule has 2 saturated heterocycles. The van der Waals surface area contributed by atoms with Crippen LogP contribution in [0.1, 0.15) is 70.8 Å². The highest BCUT2D eigenvalue weighted by Crippen LogP contribution is 2.35. The van der Waals surface area contributed by atoms with Crippen LogP contribution in [0.4, 0.5) is 13.2 Å². The first-order chi connectivity index (χ1) is 19.2. The number of amides is 1.